The molecule has 2 N–H and O–H groups in total. The molecule has 0 atom stereocenters. The number of hydrogen-bond donors (Lipinski definition) is 1. The largest absolute Gasteiger partial charge is 0.495 e. The summed E-state index contributed by atoms with van der Waals surface area (Å²) in [6.45, 7) is 7.28. The lowest BCUT2D eigenvalue weighted by Gasteiger charge is -2.27. The van der Waals surface area contributed by atoms with Crippen molar-refractivity contribution >= 4 is 5.69 Å². The van der Waals surface area contributed by atoms with Gasteiger partial charge in [0.05, 0.1) is 12.8 Å². The minimum atomic E-state index is 0.708. The average molecular weight is 250 g/mol. The summed E-state index contributed by atoms with van der Waals surface area (Å²) in [6, 6.07) is 8.20. The Kier molecular flexibility index (Phi) is 6.58. The SMILES string of the molecule is COc1ccccc1N(CCCN)CCC(C)C. The Hall–Kier alpha value is -1.22. The molecule has 0 radical (unpaired) electrons. The first-order valence-electron chi connectivity index (χ1n) is 6.77. The predicted octanol–water partition coefficient (Wildman–Crippen LogP) is 2.90. The van der Waals surface area contributed by atoms with Crippen molar-refractivity contribution in [2.24, 2.45) is 11.7 Å². The average Bonchev–Trinajstić information content (AvgIpc) is 2.38. The highest BCUT2D eigenvalue weighted by atomic mass is 16.5. The van der Waals surface area contributed by atoms with Crippen LogP contribution in [-0.2, 0) is 0 Å². The van der Waals surface area contributed by atoms with Crippen molar-refractivity contribution in [1.82, 2.24) is 0 Å². The fourth-order valence-corrected chi connectivity index (χ4v) is 1.94. The molecule has 0 saturated carbocycles. The number of ether oxygens (including phenoxy) is 1. The van der Waals surface area contributed by atoms with Crippen LogP contribution in [0.5, 0.6) is 5.75 Å². The monoisotopic (exact) mass is 250 g/mol. The van der Waals surface area contributed by atoms with E-state index in [0.717, 1.165) is 31.8 Å². The van der Waals surface area contributed by atoms with Gasteiger partial charge in [-0.2, -0.15) is 0 Å². The van der Waals surface area contributed by atoms with E-state index in [1.807, 2.05) is 12.1 Å². The Morgan fingerprint density at radius 3 is 2.56 bits per heavy atom. The molecule has 0 aliphatic carbocycles. The van der Waals surface area contributed by atoms with Crippen molar-refractivity contribution < 1.29 is 4.74 Å². The minimum Gasteiger partial charge on any atom is -0.495 e. The molecule has 1 aromatic rings. The normalized spacial score (nSPS) is 10.7. The molecule has 1 rings (SSSR count). The first-order valence-corrected chi connectivity index (χ1v) is 6.77. The molecule has 0 spiro atoms. The van der Waals surface area contributed by atoms with E-state index in [4.69, 9.17) is 10.5 Å². The van der Waals surface area contributed by atoms with E-state index < -0.39 is 0 Å². The van der Waals surface area contributed by atoms with E-state index in [2.05, 4.69) is 30.9 Å². The van der Waals surface area contributed by atoms with Crippen LogP contribution < -0.4 is 15.4 Å². The summed E-state index contributed by atoms with van der Waals surface area (Å²) in [5.41, 5.74) is 6.80. The standard InChI is InChI=1S/C15H26N2O/c1-13(2)9-12-17(11-6-10-16)14-7-4-5-8-15(14)18-3/h4-5,7-8,13H,6,9-12,16H2,1-3H3. The van der Waals surface area contributed by atoms with Crippen molar-refractivity contribution in [1.29, 1.82) is 0 Å². The Labute approximate surface area is 111 Å². The molecule has 0 aliphatic rings. The Balaban J connectivity index is 2.79. The molecular weight excluding hydrogens is 224 g/mol. The van der Waals surface area contributed by atoms with Gasteiger partial charge in [0.25, 0.3) is 0 Å². The van der Waals surface area contributed by atoms with Gasteiger partial charge < -0.3 is 15.4 Å². The summed E-state index contributed by atoms with van der Waals surface area (Å²) in [4.78, 5) is 2.38. The summed E-state index contributed by atoms with van der Waals surface area (Å²) < 4.78 is 5.44. The van der Waals surface area contributed by atoms with E-state index in [9.17, 15) is 0 Å². The first kappa shape index (κ1) is 14.8. The number of nitrogens with zero attached hydrogens (tertiary/aromatic N) is 1. The fraction of sp³-hybridized carbons (Fsp3) is 0.600. The molecule has 0 unspecified atom stereocenters. The van der Waals surface area contributed by atoms with Gasteiger partial charge >= 0.3 is 0 Å². The molecule has 18 heavy (non-hydrogen) atoms. The van der Waals surface area contributed by atoms with Gasteiger partial charge in [0.2, 0.25) is 0 Å². The third-order valence-electron chi connectivity index (χ3n) is 3.03. The van der Waals surface area contributed by atoms with Gasteiger partial charge in [-0.3, -0.25) is 0 Å². The lowest BCUT2D eigenvalue weighted by atomic mass is 10.1. The fourth-order valence-electron chi connectivity index (χ4n) is 1.94. The second-order valence-electron chi connectivity index (χ2n) is 4.98. The summed E-state index contributed by atoms with van der Waals surface area (Å²) in [6.07, 6.45) is 2.19. The van der Waals surface area contributed by atoms with Gasteiger partial charge in [-0.1, -0.05) is 26.0 Å². The molecule has 0 bridgehead atoms. The van der Waals surface area contributed by atoms with Crippen LogP contribution in [-0.4, -0.2) is 26.7 Å². The van der Waals surface area contributed by atoms with E-state index >= 15 is 0 Å². The van der Waals surface area contributed by atoms with Crippen LogP contribution >= 0.6 is 0 Å². The Morgan fingerprint density at radius 2 is 1.94 bits per heavy atom. The Morgan fingerprint density at radius 1 is 1.22 bits per heavy atom. The number of anilines is 1. The molecule has 0 aromatic heterocycles. The molecule has 0 saturated heterocycles. The molecule has 1 aromatic carbocycles. The van der Waals surface area contributed by atoms with Gasteiger partial charge in [0.15, 0.2) is 0 Å². The van der Waals surface area contributed by atoms with Gasteiger partial charge in [0, 0.05) is 13.1 Å². The summed E-state index contributed by atoms with van der Waals surface area (Å²) >= 11 is 0. The van der Waals surface area contributed by atoms with Crippen LogP contribution in [0.2, 0.25) is 0 Å². The molecule has 0 amide bonds. The van der Waals surface area contributed by atoms with Crippen LogP contribution in [0.4, 0.5) is 5.69 Å². The third kappa shape index (κ3) is 4.57. The quantitative estimate of drug-likeness (QED) is 0.771. The third-order valence-corrected chi connectivity index (χ3v) is 3.03. The number of benzene rings is 1. The number of rotatable bonds is 8. The number of hydrogen-bond acceptors (Lipinski definition) is 3. The van der Waals surface area contributed by atoms with Gasteiger partial charge in [-0.05, 0) is 37.4 Å². The number of methoxy groups -OCH3 is 1. The molecule has 0 heterocycles. The van der Waals surface area contributed by atoms with Crippen LogP contribution in [0, 0.1) is 5.92 Å². The zero-order chi connectivity index (χ0) is 13.4. The van der Waals surface area contributed by atoms with Crippen molar-refractivity contribution in [2.75, 3.05) is 31.6 Å². The highest BCUT2D eigenvalue weighted by molar-refractivity contribution is 5.58. The molecule has 102 valence electrons. The molecule has 0 fully saturated rings. The second kappa shape index (κ2) is 7.98. The van der Waals surface area contributed by atoms with E-state index in [1.54, 1.807) is 7.11 Å². The first-order chi connectivity index (χ1) is 8.69. The van der Waals surface area contributed by atoms with Gasteiger partial charge in [-0.25, -0.2) is 0 Å². The maximum absolute atomic E-state index is 5.62. The van der Waals surface area contributed by atoms with Crippen LogP contribution in [0.25, 0.3) is 0 Å². The maximum atomic E-state index is 5.62. The molecule has 3 nitrogen and oxygen atoms in total. The molecule has 0 aliphatic heterocycles. The van der Waals surface area contributed by atoms with E-state index in [1.165, 1.54) is 12.1 Å². The highest BCUT2D eigenvalue weighted by Gasteiger charge is 2.11. The zero-order valence-corrected chi connectivity index (χ0v) is 11.9. The van der Waals surface area contributed by atoms with E-state index in [-0.39, 0.29) is 0 Å². The summed E-state index contributed by atoms with van der Waals surface area (Å²) in [7, 11) is 1.72. The Bertz CT molecular complexity index is 339. The smallest absolute Gasteiger partial charge is 0.142 e. The highest BCUT2D eigenvalue weighted by Crippen LogP contribution is 2.28. The number of para-hydroxylation sites is 2. The second-order valence-corrected chi connectivity index (χ2v) is 4.98. The van der Waals surface area contributed by atoms with Crippen LogP contribution in [0.3, 0.4) is 0 Å². The van der Waals surface area contributed by atoms with Gasteiger partial charge in [0.1, 0.15) is 5.75 Å². The maximum Gasteiger partial charge on any atom is 0.142 e. The van der Waals surface area contributed by atoms with Crippen molar-refractivity contribution in [3.8, 4) is 5.75 Å². The van der Waals surface area contributed by atoms with Crippen LogP contribution in [0.15, 0.2) is 24.3 Å². The van der Waals surface area contributed by atoms with Crippen molar-refractivity contribution in [2.45, 2.75) is 26.7 Å². The summed E-state index contributed by atoms with van der Waals surface area (Å²) in [5, 5.41) is 0. The number of nitrogens with two attached hydrogens (primary N) is 1. The van der Waals surface area contributed by atoms with Crippen LogP contribution in [0.1, 0.15) is 26.7 Å². The lowest BCUT2D eigenvalue weighted by Crippen LogP contribution is -2.28. The van der Waals surface area contributed by atoms with Crippen molar-refractivity contribution in [3.63, 3.8) is 0 Å². The van der Waals surface area contributed by atoms with Gasteiger partial charge in [-0.15, -0.1) is 0 Å². The molecular formula is C15H26N2O. The predicted molar refractivity (Wildman–Crippen MR) is 78.3 cm³/mol. The lowest BCUT2D eigenvalue weighted by molar-refractivity contribution is 0.413. The molecule has 3 heteroatoms. The topological polar surface area (TPSA) is 38.5 Å². The zero-order valence-electron chi connectivity index (χ0n) is 11.9. The summed E-state index contributed by atoms with van der Waals surface area (Å²) in [5.74, 6) is 1.65. The van der Waals surface area contributed by atoms with E-state index in [0.29, 0.717) is 5.92 Å². The van der Waals surface area contributed by atoms with Crippen molar-refractivity contribution in [3.05, 3.63) is 24.3 Å². The minimum absolute atomic E-state index is 0.708.